The average molecular weight is 394 g/mol. The Labute approximate surface area is 170 Å². The smallest absolute Gasteiger partial charge is 0.338 e. The van der Waals surface area contributed by atoms with Gasteiger partial charge >= 0.3 is 12.0 Å². The van der Waals surface area contributed by atoms with E-state index in [0.29, 0.717) is 17.0 Å². The molecule has 0 bridgehead atoms. The summed E-state index contributed by atoms with van der Waals surface area (Å²) in [5.41, 5.74) is 4.81. The number of amides is 2. The van der Waals surface area contributed by atoms with Gasteiger partial charge in [-0.15, -0.1) is 0 Å². The first-order valence-electron chi connectivity index (χ1n) is 9.63. The summed E-state index contributed by atoms with van der Waals surface area (Å²) in [6.45, 7) is 7.99. The molecule has 1 aliphatic rings. The van der Waals surface area contributed by atoms with Gasteiger partial charge in [0.2, 0.25) is 0 Å². The highest BCUT2D eigenvalue weighted by Crippen LogP contribution is 2.30. The molecule has 0 spiro atoms. The number of hydrogen-bond donors (Lipinski definition) is 2. The van der Waals surface area contributed by atoms with Gasteiger partial charge in [-0.1, -0.05) is 41.5 Å². The molecule has 2 amide bonds. The van der Waals surface area contributed by atoms with Gasteiger partial charge in [-0.05, 0) is 51.0 Å². The first kappa shape index (κ1) is 20.5. The predicted molar refractivity (Wildman–Crippen MR) is 111 cm³/mol. The van der Waals surface area contributed by atoms with Gasteiger partial charge in [-0.2, -0.15) is 0 Å². The lowest BCUT2D eigenvalue weighted by Gasteiger charge is -2.30. The minimum Gasteiger partial charge on any atom is -0.487 e. The van der Waals surface area contributed by atoms with Gasteiger partial charge in [0.25, 0.3) is 0 Å². The molecule has 3 rings (SSSR count). The van der Waals surface area contributed by atoms with Gasteiger partial charge in [0, 0.05) is 0 Å². The van der Waals surface area contributed by atoms with Crippen LogP contribution in [0.4, 0.5) is 4.79 Å². The van der Waals surface area contributed by atoms with E-state index in [4.69, 9.17) is 9.47 Å². The molecular weight excluding hydrogens is 368 g/mol. The first-order chi connectivity index (χ1) is 13.9. The zero-order chi connectivity index (χ0) is 21.0. The van der Waals surface area contributed by atoms with Crippen LogP contribution in [0.5, 0.6) is 5.75 Å². The summed E-state index contributed by atoms with van der Waals surface area (Å²) in [7, 11) is 0. The van der Waals surface area contributed by atoms with E-state index in [0.717, 1.165) is 22.3 Å². The van der Waals surface area contributed by atoms with E-state index < -0.39 is 12.0 Å². The summed E-state index contributed by atoms with van der Waals surface area (Å²) < 4.78 is 11.1. The van der Waals surface area contributed by atoms with Crippen LogP contribution in [-0.2, 0) is 9.53 Å². The quantitative estimate of drug-likeness (QED) is 0.730. The highest BCUT2D eigenvalue weighted by molar-refractivity contribution is 5.95. The number of esters is 1. The van der Waals surface area contributed by atoms with Crippen LogP contribution < -0.4 is 15.4 Å². The molecule has 0 saturated heterocycles. The van der Waals surface area contributed by atoms with Gasteiger partial charge in [0.05, 0.1) is 23.9 Å². The number of urea groups is 1. The summed E-state index contributed by atoms with van der Waals surface area (Å²) in [6.07, 6.45) is 0. The highest BCUT2D eigenvalue weighted by atomic mass is 16.5. The molecule has 0 saturated carbocycles. The molecule has 1 atom stereocenters. The van der Waals surface area contributed by atoms with Crippen molar-refractivity contribution in [1.82, 2.24) is 10.6 Å². The van der Waals surface area contributed by atoms with E-state index in [2.05, 4.69) is 10.6 Å². The second kappa shape index (κ2) is 8.82. The van der Waals surface area contributed by atoms with E-state index in [-0.39, 0.29) is 19.2 Å². The van der Waals surface area contributed by atoms with Crippen LogP contribution >= 0.6 is 0 Å². The van der Waals surface area contributed by atoms with Gasteiger partial charge in [-0.25, -0.2) is 9.59 Å². The van der Waals surface area contributed by atoms with Gasteiger partial charge < -0.3 is 20.1 Å². The molecule has 0 fully saturated rings. The van der Waals surface area contributed by atoms with Crippen molar-refractivity contribution in [2.45, 2.75) is 33.7 Å². The maximum Gasteiger partial charge on any atom is 0.338 e. The molecule has 2 aromatic rings. The number of nitrogens with one attached hydrogen (secondary N) is 2. The number of carbonyl (C=O) groups excluding carboxylic acids is 2. The van der Waals surface area contributed by atoms with Gasteiger partial charge in [0.1, 0.15) is 12.4 Å². The monoisotopic (exact) mass is 394 g/mol. The van der Waals surface area contributed by atoms with E-state index >= 15 is 0 Å². The van der Waals surface area contributed by atoms with Crippen LogP contribution in [0.2, 0.25) is 0 Å². The number of carbonyl (C=O) groups is 2. The molecule has 6 nitrogen and oxygen atoms in total. The third-order valence-electron chi connectivity index (χ3n) is 4.79. The maximum absolute atomic E-state index is 12.8. The Balaban J connectivity index is 1.99. The molecule has 1 aliphatic heterocycles. The minimum atomic E-state index is -0.611. The van der Waals surface area contributed by atoms with Crippen LogP contribution in [0.15, 0.2) is 53.7 Å². The lowest BCUT2D eigenvalue weighted by molar-refractivity contribution is -0.139. The molecule has 1 heterocycles. The molecule has 2 N–H and O–H groups in total. The zero-order valence-electron chi connectivity index (χ0n) is 17.2. The van der Waals surface area contributed by atoms with Crippen LogP contribution in [-0.4, -0.2) is 25.2 Å². The second-order valence-electron chi connectivity index (χ2n) is 7.11. The van der Waals surface area contributed by atoms with Crippen molar-refractivity contribution < 1.29 is 19.1 Å². The number of benzene rings is 2. The van der Waals surface area contributed by atoms with Crippen LogP contribution in [0.3, 0.4) is 0 Å². The molecule has 6 heteroatoms. The number of hydrogen-bond acceptors (Lipinski definition) is 4. The molecular formula is C23H26N2O4. The molecule has 0 aliphatic carbocycles. The first-order valence-corrected chi connectivity index (χ1v) is 9.63. The standard InChI is InChI=1S/C23H26N2O4/c1-5-28-22(26)20-19(13-29-17-9-6-14(2)7-10-17)24-23(27)25-21(20)18-11-8-15(3)12-16(18)4/h6-12,21H,5,13H2,1-4H3,(H2,24,25,27). The van der Waals surface area contributed by atoms with Crippen molar-refractivity contribution in [1.29, 1.82) is 0 Å². The molecule has 2 aromatic carbocycles. The molecule has 1 unspecified atom stereocenters. The van der Waals surface area contributed by atoms with Crippen molar-refractivity contribution in [3.8, 4) is 5.75 Å². The summed E-state index contributed by atoms with van der Waals surface area (Å²) in [5.74, 6) is 0.176. The van der Waals surface area contributed by atoms with E-state index in [9.17, 15) is 9.59 Å². The number of rotatable bonds is 6. The fourth-order valence-electron chi connectivity index (χ4n) is 3.35. The largest absolute Gasteiger partial charge is 0.487 e. The van der Waals surface area contributed by atoms with Crippen molar-refractivity contribution in [3.05, 3.63) is 76.0 Å². The minimum absolute atomic E-state index is 0.0477. The Kier molecular flexibility index (Phi) is 6.22. The second-order valence-corrected chi connectivity index (χ2v) is 7.11. The summed E-state index contributed by atoms with van der Waals surface area (Å²) in [5, 5.41) is 5.58. The van der Waals surface area contributed by atoms with E-state index in [1.54, 1.807) is 6.92 Å². The zero-order valence-corrected chi connectivity index (χ0v) is 17.2. The number of ether oxygens (including phenoxy) is 2. The van der Waals surface area contributed by atoms with Crippen molar-refractivity contribution >= 4 is 12.0 Å². The molecule has 152 valence electrons. The third kappa shape index (κ3) is 4.77. The van der Waals surface area contributed by atoms with Crippen molar-refractivity contribution in [3.63, 3.8) is 0 Å². The predicted octanol–water partition coefficient (Wildman–Crippen LogP) is 3.86. The molecule has 29 heavy (non-hydrogen) atoms. The normalized spacial score (nSPS) is 16.1. The van der Waals surface area contributed by atoms with Crippen LogP contribution in [0.1, 0.15) is 35.2 Å². The van der Waals surface area contributed by atoms with Crippen molar-refractivity contribution in [2.75, 3.05) is 13.2 Å². The SMILES string of the molecule is CCOC(=O)C1=C(COc2ccc(C)cc2)NC(=O)NC1c1ccc(C)cc1C. The molecule has 0 radical (unpaired) electrons. The summed E-state index contributed by atoms with van der Waals surface area (Å²) in [4.78, 5) is 25.2. The van der Waals surface area contributed by atoms with Gasteiger partial charge in [0.15, 0.2) is 0 Å². The maximum atomic E-state index is 12.8. The van der Waals surface area contributed by atoms with Gasteiger partial charge in [-0.3, -0.25) is 0 Å². The van der Waals surface area contributed by atoms with Crippen molar-refractivity contribution in [2.24, 2.45) is 0 Å². The third-order valence-corrected chi connectivity index (χ3v) is 4.79. The Morgan fingerprint density at radius 2 is 1.72 bits per heavy atom. The Hall–Kier alpha value is -3.28. The Bertz CT molecular complexity index is 948. The topological polar surface area (TPSA) is 76.7 Å². The Morgan fingerprint density at radius 1 is 1.03 bits per heavy atom. The summed E-state index contributed by atoms with van der Waals surface area (Å²) >= 11 is 0. The fraction of sp³-hybridized carbons (Fsp3) is 0.304. The number of aryl methyl sites for hydroxylation is 3. The highest BCUT2D eigenvalue weighted by Gasteiger charge is 2.34. The lowest BCUT2D eigenvalue weighted by atomic mass is 9.91. The van der Waals surface area contributed by atoms with E-state index in [1.165, 1.54) is 0 Å². The lowest BCUT2D eigenvalue weighted by Crippen LogP contribution is -2.47. The van der Waals surface area contributed by atoms with Crippen LogP contribution in [0, 0.1) is 20.8 Å². The fourth-order valence-corrected chi connectivity index (χ4v) is 3.35. The van der Waals surface area contributed by atoms with E-state index in [1.807, 2.05) is 63.2 Å². The molecule has 0 aromatic heterocycles. The van der Waals surface area contributed by atoms with Crippen LogP contribution in [0.25, 0.3) is 0 Å². The summed E-state index contributed by atoms with van der Waals surface area (Å²) in [6, 6.07) is 12.5. The average Bonchev–Trinajstić information content (AvgIpc) is 2.67. The Morgan fingerprint density at radius 3 is 2.38 bits per heavy atom.